The number of carbonyl (C=O) groups is 1. The lowest BCUT2D eigenvalue weighted by molar-refractivity contribution is 0.102. The van der Waals surface area contributed by atoms with Gasteiger partial charge in [0.15, 0.2) is 5.84 Å². The molecule has 0 atom stereocenters. The van der Waals surface area contributed by atoms with Gasteiger partial charge in [0.25, 0.3) is 5.91 Å². The van der Waals surface area contributed by atoms with Crippen molar-refractivity contribution in [1.82, 2.24) is 24.5 Å². The molecule has 0 saturated heterocycles. The molecule has 0 unspecified atom stereocenters. The van der Waals surface area contributed by atoms with E-state index in [1.807, 2.05) is 36.1 Å². The second-order valence-corrected chi connectivity index (χ2v) is 9.67. The summed E-state index contributed by atoms with van der Waals surface area (Å²) in [4.78, 5) is 13.3. The smallest absolute Gasteiger partial charge is 0.259 e. The van der Waals surface area contributed by atoms with Crippen LogP contribution in [0.4, 0.5) is 5.69 Å². The third-order valence-corrected chi connectivity index (χ3v) is 6.88. The van der Waals surface area contributed by atoms with Crippen LogP contribution in [0.2, 0.25) is 5.02 Å². The Morgan fingerprint density at radius 2 is 2.08 bits per heavy atom. The van der Waals surface area contributed by atoms with Crippen molar-refractivity contribution in [3.05, 3.63) is 70.8 Å². The Hall–Kier alpha value is -3.93. The van der Waals surface area contributed by atoms with Gasteiger partial charge >= 0.3 is 0 Å². The second kappa shape index (κ2) is 10.8. The molecule has 0 aliphatic heterocycles. The van der Waals surface area contributed by atoms with Crippen molar-refractivity contribution >= 4 is 34.5 Å². The summed E-state index contributed by atoms with van der Waals surface area (Å²) < 4.78 is 8.77. The van der Waals surface area contributed by atoms with Crippen molar-refractivity contribution in [2.24, 2.45) is 16.7 Å². The number of benzene rings is 1. The number of rotatable bonds is 10. The first-order valence-electron chi connectivity index (χ1n) is 12.3. The van der Waals surface area contributed by atoms with Crippen molar-refractivity contribution < 1.29 is 9.53 Å². The summed E-state index contributed by atoms with van der Waals surface area (Å²) in [5, 5.41) is 17.7. The summed E-state index contributed by atoms with van der Waals surface area (Å²) in [7, 11) is 1.69. The number of hydrogen-bond donors (Lipinski definition) is 3. The molecule has 1 amide bonds. The summed E-state index contributed by atoms with van der Waals surface area (Å²) >= 11 is 6.39. The van der Waals surface area contributed by atoms with Crippen LogP contribution >= 0.6 is 11.6 Å². The number of hydrazone groups is 1. The van der Waals surface area contributed by atoms with Crippen molar-refractivity contribution in [2.75, 3.05) is 19.0 Å². The number of aryl methyl sites for hydroxylation is 1. The van der Waals surface area contributed by atoms with Crippen LogP contribution in [0, 0.1) is 6.92 Å². The lowest BCUT2D eigenvalue weighted by Crippen LogP contribution is -2.31. The summed E-state index contributed by atoms with van der Waals surface area (Å²) in [6.07, 6.45) is 8.06. The third kappa shape index (κ3) is 5.35. The van der Waals surface area contributed by atoms with E-state index >= 15 is 0 Å². The zero-order valence-corrected chi connectivity index (χ0v) is 22.0. The highest BCUT2D eigenvalue weighted by Crippen LogP contribution is 2.28. The minimum atomic E-state index is -0.350. The van der Waals surface area contributed by atoms with Gasteiger partial charge in [-0.1, -0.05) is 11.6 Å². The van der Waals surface area contributed by atoms with Gasteiger partial charge in [-0.15, -0.1) is 5.10 Å². The first-order chi connectivity index (χ1) is 18.4. The Bertz CT molecular complexity index is 1510. The third-order valence-electron chi connectivity index (χ3n) is 6.55. The van der Waals surface area contributed by atoms with E-state index in [2.05, 4.69) is 20.6 Å². The number of amides is 1. The minimum absolute atomic E-state index is 0.217. The SMILES string of the molecule is COCCCn1ncc(-c2ccn3ncc(C(=O)Nc4cc(/C(N)=N/N(N)C5CC5)ccc4Cl)c3c2)c1C. The quantitative estimate of drug-likeness (QED) is 0.0928. The fourth-order valence-electron chi connectivity index (χ4n) is 4.21. The van der Waals surface area contributed by atoms with Crippen LogP contribution < -0.4 is 16.9 Å². The largest absolute Gasteiger partial charge is 0.385 e. The van der Waals surface area contributed by atoms with E-state index in [1.165, 1.54) is 11.3 Å². The molecule has 1 fully saturated rings. The average Bonchev–Trinajstić information content (AvgIpc) is 3.58. The van der Waals surface area contributed by atoms with Crippen LogP contribution in [0.1, 0.15) is 40.9 Å². The van der Waals surface area contributed by atoms with Crippen molar-refractivity contribution in [3.63, 3.8) is 0 Å². The van der Waals surface area contributed by atoms with E-state index in [0.29, 0.717) is 34.0 Å². The van der Waals surface area contributed by atoms with Gasteiger partial charge in [0.1, 0.15) is 0 Å². The number of nitrogens with one attached hydrogen (secondary N) is 1. The highest BCUT2D eigenvalue weighted by molar-refractivity contribution is 6.34. The fourth-order valence-corrected chi connectivity index (χ4v) is 4.37. The number of pyridine rings is 1. The molecule has 5 N–H and O–H groups in total. The van der Waals surface area contributed by atoms with Gasteiger partial charge in [-0.05, 0) is 62.1 Å². The van der Waals surface area contributed by atoms with Gasteiger partial charge in [-0.2, -0.15) is 10.2 Å². The molecule has 1 saturated carbocycles. The number of amidine groups is 1. The molecule has 0 radical (unpaired) electrons. The van der Waals surface area contributed by atoms with Gasteiger partial charge in [-0.3, -0.25) is 9.48 Å². The van der Waals surface area contributed by atoms with E-state index in [-0.39, 0.29) is 17.8 Å². The van der Waals surface area contributed by atoms with Crippen LogP contribution in [0.25, 0.3) is 16.6 Å². The minimum Gasteiger partial charge on any atom is -0.385 e. The molecule has 5 rings (SSSR count). The average molecular weight is 536 g/mol. The van der Waals surface area contributed by atoms with Crippen LogP contribution in [0.3, 0.4) is 0 Å². The number of nitrogens with zero attached hydrogens (tertiary/aromatic N) is 6. The molecule has 0 spiro atoms. The maximum Gasteiger partial charge on any atom is 0.259 e. The van der Waals surface area contributed by atoms with Crippen molar-refractivity contribution in [3.8, 4) is 11.1 Å². The van der Waals surface area contributed by atoms with Gasteiger partial charge in [0, 0.05) is 43.3 Å². The summed E-state index contributed by atoms with van der Waals surface area (Å²) in [6.45, 7) is 3.47. The lowest BCUT2D eigenvalue weighted by atomic mass is 10.1. The molecule has 12 heteroatoms. The number of aromatic nitrogens is 4. The predicted octanol–water partition coefficient (Wildman–Crippen LogP) is 3.41. The Balaban J connectivity index is 1.39. The summed E-state index contributed by atoms with van der Waals surface area (Å²) in [5.74, 6) is 5.82. The second-order valence-electron chi connectivity index (χ2n) is 9.26. The van der Waals surface area contributed by atoms with E-state index in [1.54, 1.807) is 29.8 Å². The van der Waals surface area contributed by atoms with Crippen LogP contribution in [0.15, 0.2) is 54.0 Å². The summed E-state index contributed by atoms with van der Waals surface area (Å²) in [6, 6.07) is 9.18. The lowest BCUT2D eigenvalue weighted by Gasteiger charge is -2.13. The maximum absolute atomic E-state index is 13.3. The molecular formula is C26H30ClN9O2. The highest BCUT2D eigenvalue weighted by Gasteiger charge is 2.27. The van der Waals surface area contributed by atoms with Crippen LogP contribution in [-0.4, -0.2) is 56.0 Å². The molecule has 3 heterocycles. The molecular weight excluding hydrogens is 506 g/mol. The Morgan fingerprint density at radius 3 is 2.84 bits per heavy atom. The molecule has 1 aromatic carbocycles. The van der Waals surface area contributed by atoms with E-state index < -0.39 is 0 Å². The molecule has 1 aliphatic rings. The molecule has 198 valence electrons. The Kier molecular flexibility index (Phi) is 7.32. The zero-order chi connectivity index (χ0) is 26.8. The van der Waals surface area contributed by atoms with Gasteiger partial charge < -0.3 is 15.8 Å². The highest BCUT2D eigenvalue weighted by atomic mass is 35.5. The number of carbonyl (C=O) groups excluding carboxylic acids is 1. The Morgan fingerprint density at radius 1 is 1.26 bits per heavy atom. The fraction of sp³-hybridized carbons (Fsp3) is 0.308. The van der Waals surface area contributed by atoms with E-state index in [4.69, 9.17) is 27.9 Å². The molecule has 38 heavy (non-hydrogen) atoms. The number of halogens is 1. The molecule has 3 aromatic heterocycles. The van der Waals surface area contributed by atoms with Crippen LogP contribution in [0.5, 0.6) is 0 Å². The van der Waals surface area contributed by atoms with Crippen molar-refractivity contribution in [2.45, 2.75) is 38.8 Å². The normalized spacial score (nSPS) is 13.7. The predicted molar refractivity (Wildman–Crippen MR) is 147 cm³/mol. The number of anilines is 1. The molecule has 1 aliphatic carbocycles. The van der Waals surface area contributed by atoms with Gasteiger partial charge in [0.05, 0.1) is 40.2 Å². The van der Waals surface area contributed by atoms with E-state index in [0.717, 1.165) is 42.6 Å². The molecule has 11 nitrogen and oxygen atoms in total. The number of nitrogens with two attached hydrogens (primary N) is 2. The number of methoxy groups -OCH3 is 1. The molecule has 0 bridgehead atoms. The number of fused-ring (bicyclic) bond motifs is 1. The van der Waals surface area contributed by atoms with Crippen LogP contribution in [-0.2, 0) is 11.3 Å². The zero-order valence-electron chi connectivity index (χ0n) is 21.3. The standard InChI is InChI=1S/C26H30ClN9O2/c1-16-20(14-30-34(16)9-3-11-38-2)17-8-10-35-24(13-17)21(15-31-35)26(37)32-23-12-18(4-7-22(23)27)25(28)33-36(29)19-5-6-19/h4,7-8,10,12-15,19H,3,5-6,9,11,29H2,1-2H3,(H2,28,33)(H,32,37). The number of ether oxygens (including phenoxy) is 1. The first kappa shape index (κ1) is 25.7. The first-order valence-corrected chi connectivity index (χ1v) is 12.7. The van der Waals surface area contributed by atoms with Gasteiger partial charge in [0.2, 0.25) is 0 Å². The topological polar surface area (TPSA) is 141 Å². The monoisotopic (exact) mass is 535 g/mol. The summed E-state index contributed by atoms with van der Waals surface area (Å²) in [5.41, 5.74) is 11.2. The van der Waals surface area contributed by atoms with Gasteiger partial charge in [-0.25, -0.2) is 15.5 Å². The molecule has 4 aromatic rings. The number of hydrogen-bond acceptors (Lipinski definition) is 7. The van der Waals surface area contributed by atoms with Crippen molar-refractivity contribution in [1.29, 1.82) is 0 Å². The van der Waals surface area contributed by atoms with E-state index in [9.17, 15) is 4.79 Å². The number of hydrazine groups is 1. The Labute approximate surface area is 225 Å². The maximum atomic E-state index is 13.3.